The number of rotatable bonds is 0. The SMILES string of the molecule is C=C1CCC(F)(F)c2c3c(nn2C1)CCN(C(=O)O)C3. The summed E-state index contributed by atoms with van der Waals surface area (Å²) in [4.78, 5) is 12.2. The summed E-state index contributed by atoms with van der Waals surface area (Å²) in [6, 6.07) is 0. The Kier molecular flexibility index (Phi) is 2.81. The molecule has 0 atom stereocenters. The molecule has 108 valence electrons. The fraction of sp³-hybridized carbons (Fsp3) is 0.538. The molecule has 1 aromatic rings. The van der Waals surface area contributed by atoms with E-state index in [0.29, 0.717) is 24.2 Å². The Morgan fingerprint density at radius 2 is 2.10 bits per heavy atom. The summed E-state index contributed by atoms with van der Waals surface area (Å²) in [5.74, 6) is -2.98. The molecule has 20 heavy (non-hydrogen) atoms. The molecule has 1 N–H and O–H groups in total. The van der Waals surface area contributed by atoms with Crippen LogP contribution in [-0.2, 0) is 25.4 Å². The number of carboxylic acid groups (broad SMARTS) is 1. The average Bonchev–Trinajstić information content (AvgIpc) is 2.68. The number of nitrogens with zero attached hydrogens (tertiary/aromatic N) is 3. The van der Waals surface area contributed by atoms with Gasteiger partial charge in [0.25, 0.3) is 5.92 Å². The molecule has 3 rings (SSSR count). The summed E-state index contributed by atoms with van der Waals surface area (Å²) in [5.41, 5.74) is 1.56. The number of alkyl halides is 2. The molecule has 0 saturated heterocycles. The second-order valence-corrected chi connectivity index (χ2v) is 5.34. The maximum atomic E-state index is 14.3. The van der Waals surface area contributed by atoms with E-state index in [0.717, 1.165) is 10.5 Å². The highest BCUT2D eigenvalue weighted by molar-refractivity contribution is 5.65. The van der Waals surface area contributed by atoms with Crippen molar-refractivity contribution in [1.29, 1.82) is 0 Å². The quantitative estimate of drug-likeness (QED) is 0.744. The van der Waals surface area contributed by atoms with Crippen molar-refractivity contribution in [2.24, 2.45) is 0 Å². The summed E-state index contributed by atoms with van der Waals surface area (Å²) >= 11 is 0. The number of halogens is 2. The minimum Gasteiger partial charge on any atom is -0.465 e. The van der Waals surface area contributed by atoms with Crippen LogP contribution in [0.4, 0.5) is 13.6 Å². The zero-order valence-corrected chi connectivity index (χ0v) is 10.9. The molecular formula is C13H15F2N3O2. The highest BCUT2D eigenvalue weighted by atomic mass is 19.3. The Bertz CT molecular complexity index is 595. The van der Waals surface area contributed by atoms with Crippen molar-refractivity contribution in [3.05, 3.63) is 29.1 Å². The first-order valence-electron chi connectivity index (χ1n) is 6.50. The van der Waals surface area contributed by atoms with Crippen molar-refractivity contribution in [2.75, 3.05) is 6.54 Å². The lowest BCUT2D eigenvalue weighted by atomic mass is 10.00. The number of aromatic nitrogens is 2. The van der Waals surface area contributed by atoms with E-state index in [-0.39, 0.29) is 31.6 Å². The number of carbonyl (C=O) groups is 1. The average molecular weight is 283 g/mol. The normalized spacial score (nSPS) is 21.1. The van der Waals surface area contributed by atoms with Crippen molar-refractivity contribution >= 4 is 6.09 Å². The molecule has 0 radical (unpaired) electrons. The minimum atomic E-state index is -2.98. The van der Waals surface area contributed by atoms with Gasteiger partial charge in [0.1, 0.15) is 5.69 Å². The van der Waals surface area contributed by atoms with E-state index in [9.17, 15) is 13.6 Å². The summed E-state index contributed by atoms with van der Waals surface area (Å²) in [6.45, 7) is 4.36. The minimum absolute atomic E-state index is 0.0118. The van der Waals surface area contributed by atoms with Crippen molar-refractivity contribution in [3.8, 4) is 0 Å². The number of hydrogen-bond acceptors (Lipinski definition) is 2. The second kappa shape index (κ2) is 4.29. The topological polar surface area (TPSA) is 58.4 Å². The van der Waals surface area contributed by atoms with E-state index in [1.807, 2.05) is 0 Å². The van der Waals surface area contributed by atoms with Crippen LogP contribution in [0.2, 0.25) is 0 Å². The van der Waals surface area contributed by atoms with Crippen molar-refractivity contribution in [1.82, 2.24) is 14.7 Å². The van der Waals surface area contributed by atoms with Gasteiger partial charge < -0.3 is 10.0 Å². The third-order valence-corrected chi connectivity index (χ3v) is 3.88. The van der Waals surface area contributed by atoms with Crippen LogP contribution in [0.15, 0.2) is 12.2 Å². The lowest BCUT2D eigenvalue weighted by Gasteiger charge is -2.25. The van der Waals surface area contributed by atoms with Gasteiger partial charge in [-0.2, -0.15) is 13.9 Å². The van der Waals surface area contributed by atoms with Crippen LogP contribution in [0, 0.1) is 0 Å². The Balaban J connectivity index is 2.08. The highest BCUT2D eigenvalue weighted by Crippen LogP contribution is 2.41. The van der Waals surface area contributed by atoms with Crippen molar-refractivity contribution in [3.63, 3.8) is 0 Å². The largest absolute Gasteiger partial charge is 0.465 e. The van der Waals surface area contributed by atoms with Gasteiger partial charge >= 0.3 is 6.09 Å². The Labute approximate surface area is 114 Å². The number of amides is 1. The van der Waals surface area contributed by atoms with Crippen LogP contribution in [0.5, 0.6) is 0 Å². The molecule has 1 amide bonds. The Morgan fingerprint density at radius 1 is 1.35 bits per heavy atom. The van der Waals surface area contributed by atoms with Crippen LogP contribution < -0.4 is 0 Å². The van der Waals surface area contributed by atoms with Gasteiger partial charge in [-0.1, -0.05) is 12.2 Å². The van der Waals surface area contributed by atoms with Gasteiger partial charge in [0, 0.05) is 24.9 Å². The van der Waals surface area contributed by atoms with E-state index < -0.39 is 12.0 Å². The van der Waals surface area contributed by atoms with Crippen LogP contribution in [-0.4, -0.2) is 32.4 Å². The molecule has 5 nitrogen and oxygen atoms in total. The molecule has 0 saturated carbocycles. The molecule has 3 heterocycles. The van der Waals surface area contributed by atoms with E-state index in [1.54, 1.807) is 0 Å². The highest BCUT2D eigenvalue weighted by Gasteiger charge is 2.42. The fourth-order valence-corrected chi connectivity index (χ4v) is 2.86. The van der Waals surface area contributed by atoms with Crippen LogP contribution in [0.1, 0.15) is 29.8 Å². The fourth-order valence-electron chi connectivity index (χ4n) is 2.86. The molecule has 1 aromatic heterocycles. The number of hydrogen-bond donors (Lipinski definition) is 1. The molecule has 0 aliphatic carbocycles. The molecule has 2 aliphatic heterocycles. The molecule has 0 aromatic carbocycles. The van der Waals surface area contributed by atoms with Gasteiger partial charge in [0.05, 0.1) is 18.8 Å². The lowest BCUT2D eigenvalue weighted by molar-refractivity contribution is -0.0195. The molecule has 0 spiro atoms. The van der Waals surface area contributed by atoms with Crippen molar-refractivity contribution < 1.29 is 18.7 Å². The first-order chi connectivity index (χ1) is 9.38. The zero-order valence-electron chi connectivity index (χ0n) is 10.9. The van der Waals surface area contributed by atoms with Crippen LogP contribution in [0.25, 0.3) is 0 Å². The molecular weight excluding hydrogens is 268 g/mol. The van der Waals surface area contributed by atoms with Crippen LogP contribution >= 0.6 is 0 Å². The summed E-state index contributed by atoms with van der Waals surface area (Å²) in [5, 5.41) is 13.3. The van der Waals surface area contributed by atoms with Gasteiger partial charge in [-0.15, -0.1) is 0 Å². The summed E-state index contributed by atoms with van der Waals surface area (Å²) in [6.07, 6.45) is -0.744. The van der Waals surface area contributed by atoms with Crippen molar-refractivity contribution in [2.45, 2.75) is 38.3 Å². The first-order valence-corrected chi connectivity index (χ1v) is 6.50. The molecule has 7 heteroatoms. The Morgan fingerprint density at radius 3 is 2.80 bits per heavy atom. The van der Waals surface area contributed by atoms with Gasteiger partial charge in [0.2, 0.25) is 0 Å². The monoisotopic (exact) mass is 283 g/mol. The zero-order chi connectivity index (χ0) is 14.5. The predicted octanol–water partition coefficient (Wildman–Crippen LogP) is 2.36. The molecule has 0 unspecified atom stereocenters. The number of allylic oxidation sites excluding steroid dienone is 1. The van der Waals surface area contributed by atoms with Gasteiger partial charge in [-0.3, -0.25) is 4.68 Å². The second-order valence-electron chi connectivity index (χ2n) is 5.34. The summed E-state index contributed by atoms with van der Waals surface area (Å²) in [7, 11) is 0. The van der Waals surface area contributed by atoms with E-state index in [1.165, 1.54) is 4.68 Å². The smallest absolute Gasteiger partial charge is 0.407 e. The molecule has 0 fully saturated rings. The predicted molar refractivity (Wildman–Crippen MR) is 66.6 cm³/mol. The summed E-state index contributed by atoms with van der Waals surface area (Å²) < 4.78 is 29.9. The third kappa shape index (κ3) is 1.97. The maximum Gasteiger partial charge on any atom is 0.407 e. The van der Waals surface area contributed by atoms with E-state index in [4.69, 9.17) is 5.11 Å². The van der Waals surface area contributed by atoms with Gasteiger partial charge in [-0.25, -0.2) is 4.79 Å². The molecule has 0 bridgehead atoms. The van der Waals surface area contributed by atoms with Gasteiger partial charge in [-0.05, 0) is 6.42 Å². The maximum absolute atomic E-state index is 14.3. The van der Waals surface area contributed by atoms with Gasteiger partial charge in [0.15, 0.2) is 0 Å². The Hall–Kier alpha value is -1.92. The molecule has 2 aliphatic rings. The number of fused-ring (bicyclic) bond motifs is 3. The lowest BCUT2D eigenvalue weighted by Crippen LogP contribution is -2.35. The van der Waals surface area contributed by atoms with Crippen LogP contribution in [0.3, 0.4) is 0 Å². The van der Waals surface area contributed by atoms with E-state index >= 15 is 0 Å². The first kappa shape index (κ1) is 13.1. The standard InChI is InChI=1S/C13H15F2N3O2/c1-8-2-4-13(14,15)11-9-7-17(12(19)20)5-3-10(9)16-18(11)6-8/h1-7H2,(H,19,20). The van der Waals surface area contributed by atoms with E-state index in [2.05, 4.69) is 11.7 Å². The third-order valence-electron chi connectivity index (χ3n) is 3.88.